The van der Waals surface area contributed by atoms with Crippen LogP contribution in [-0.2, 0) is 6.18 Å². The van der Waals surface area contributed by atoms with Crippen LogP contribution in [0.25, 0.3) is 10.9 Å². The largest absolute Gasteiger partial charge is 0.451 e. The van der Waals surface area contributed by atoms with E-state index in [0.29, 0.717) is 21.9 Å². The Kier molecular flexibility index (Phi) is 3.72. The smallest absolute Gasteiger partial charge is 0.424 e. The van der Waals surface area contributed by atoms with E-state index in [1.807, 2.05) is 0 Å². The summed E-state index contributed by atoms with van der Waals surface area (Å²) >= 11 is 5.74. The van der Waals surface area contributed by atoms with Gasteiger partial charge in [0.15, 0.2) is 0 Å². The minimum Gasteiger partial charge on any atom is -0.424 e. The summed E-state index contributed by atoms with van der Waals surface area (Å²) in [4.78, 5) is 15.3. The Morgan fingerprint density at radius 3 is 2.44 bits per heavy atom. The van der Waals surface area contributed by atoms with Crippen LogP contribution in [0.2, 0.25) is 5.02 Å². The predicted molar refractivity (Wildman–Crippen MR) is 83.6 cm³/mol. The molecule has 0 saturated heterocycles. The van der Waals surface area contributed by atoms with Crippen molar-refractivity contribution in [2.45, 2.75) is 24.9 Å². The van der Waals surface area contributed by atoms with Crippen molar-refractivity contribution < 1.29 is 17.9 Å². The molecule has 1 fully saturated rings. The third kappa shape index (κ3) is 3.21. The average molecular weight is 367 g/mol. The van der Waals surface area contributed by atoms with Gasteiger partial charge in [0.2, 0.25) is 5.82 Å². The summed E-state index contributed by atoms with van der Waals surface area (Å²) in [7, 11) is 0. The molecular formula is C16H10ClF3N4O. The van der Waals surface area contributed by atoms with Crippen molar-refractivity contribution in [3.63, 3.8) is 0 Å². The van der Waals surface area contributed by atoms with E-state index >= 15 is 0 Å². The van der Waals surface area contributed by atoms with Gasteiger partial charge in [-0.1, -0.05) is 17.7 Å². The van der Waals surface area contributed by atoms with Crippen molar-refractivity contribution in [1.29, 1.82) is 0 Å². The summed E-state index contributed by atoms with van der Waals surface area (Å²) in [5.41, 5.74) is 0.526. The maximum atomic E-state index is 13.1. The first-order valence-electron chi connectivity index (χ1n) is 7.45. The lowest BCUT2D eigenvalue weighted by Crippen LogP contribution is -2.13. The first-order valence-corrected chi connectivity index (χ1v) is 7.83. The van der Waals surface area contributed by atoms with Gasteiger partial charge in [-0.3, -0.25) is 0 Å². The Morgan fingerprint density at radius 2 is 1.80 bits per heavy atom. The number of aromatic nitrogens is 4. The molecule has 0 radical (unpaired) electrons. The first kappa shape index (κ1) is 16.0. The summed E-state index contributed by atoms with van der Waals surface area (Å²) in [6, 6.07) is 4.74. The summed E-state index contributed by atoms with van der Waals surface area (Å²) in [6.07, 6.45) is -0.289. The maximum Gasteiger partial charge on any atom is 0.451 e. The van der Waals surface area contributed by atoms with Gasteiger partial charge in [-0.2, -0.15) is 13.2 Å². The van der Waals surface area contributed by atoms with Crippen LogP contribution in [0.3, 0.4) is 0 Å². The van der Waals surface area contributed by atoms with Crippen molar-refractivity contribution in [2.24, 2.45) is 0 Å². The van der Waals surface area contributed by atoms with E-state index in [9.17, 15) is 13.2 Å². The molecule has 1 aromatic carbocycles. The van der Waals surface area contributed by atoms with Gasteiger partial charge in [-0.05, 0) is 25.0 Å². The minimum atomic E-state index is -4.60. The lowest BCUT2D eigenvalue weighted by molar-refractivity contribution is -0.144. The standard InChI is InChI=1S/C16H10ClF3N4O/c17-9-6-21-15(22-7-9)25-11-3-1-2-10-12(11)13(8-4-5-8)24-14(23-10)16(18,19)20/h1-3,6-8H,4-5H2. The lowest BCUT2D eigenvalue weighted by Gasteiger charge is -2.13. The van der Waals surface area contributed by atoms with Crippen LogP contribution in [0.15, 0.2) is 30.6 Å². The third-order valence-corrected chi connectivity index (χ3v) is 3.92. The highest BCUT2D eigenvalue weighted by Crippen LogP contribution is 2.45. The summed E-state index contributed by atoms with van der Waals surface area (Å²) < 4.78 is 44.9. The van der Waals surface area contributed by atoms with Gasteiger partial charge in [0.1, 0.15) is 5.75 Å². The Bertz CT molecular complexity index is 943. The molecule has 9 heteroatoms. The molecule has 0 unspecified atom stereocenters. The van der Waals surface area contributed by atoms with E-state index in [0.717, 1.165) is 12.8 Å². The Labute approximate surface area is 144 Å². The van der Waals surface area contributed by atoms with Crippen LogP contribution in [0.4, 0.5) is 13.2 Å². The summed E-state index contributed by atoms with van der Waals surface area (Å²) in [5, 5.41) is 0.804. The van der Waals surface area contributed by atoms with E-state index < -0.39 is 12.0 Å². The van der Waals surface area contributed by atoms with Crippen LogP contribution >= 0.6 is 11.6 Å². The molecule has 2 heterocycles. The zero-order valence-electron chi connectivity index (χ0n) is 12.6. The molecule has 0 bridgehead atoms. The van der Waals surface area contributed by atoms with Gasteiger partial charge in [0.25, 0.3) is 0 Å². The van der Waals surface area contributed by atoms with E-state index in [2.05, 4.69) is 19.9 Å². The second kappa shape index (κ2) is 5.80. The normalized spacial score (nSPS) is 14.7. The molecule has 0 atom stereocenters. The second-order valence-electron chi connectivity index (χ2n) is 5.64. The van der Waals surface area contributed by atoms with Gasteiger partial charge in [-0.15, -0.1) is 0 Å². The molecule has 128 valence electrons. The molecule has 4 rings (SSSR count). The Morgan fingerprint density at radius 1 is 1.08 bits per heavy atom. The highest BCUT2D eigenvalue weighted by atomic mass is 35.5. The highest BCUT2D eigenvalue weighted by Gasteiger charge is 2.38. The predicted octanol–water partition coefficient (Wildman–Crippen LogP) is 4.76. The average Bonchev–Trinajstić information content (AvgIpc) is 3.40. The molecule has 3 aromatic rings. The van der Waals surface area contributed by atoms with Gasteiger partial charge in [0, 0.05) is 5.92 Å². The number of ether oxygens (including phenoxy) is 1. The number of rotatable bonds is 3. The number of fused-ring (bicyclic) bond motifs is 1. The number of hydrogen-bond acceptors (Lipinski definition) is 5. The molecule has 0 amide bonds. The zero-order valence-corrected chi connectivity index (χ0v) is 13.3. The molecule has 1 saturated carbocycles. The van der Waals surface area contributed by atoms with Gasteiger partial charge >= 0.3 is 12.2 Å². The summed E-state index contributed by atoms with van der Waals surface area (Å²) in [5.74, 6) is -0.847. The molecule has 2 aromatic heterocycles. The topological polar surface area (TPSA) is 60.8 Å². The van der Waals surface area contributed by atoms with Crippen LogP contribution in [-0.4, -0.2) is 19.9 Å². The van der Waals surface area contributed by atoms with E-state index in [1.165, 1.54) is 18.5 Å². The molecule has 5 nitrogen and oxygen atoms in total. The third-order valence-electron chi connectivity index (χ3n) is 3.73. The van der Waals surface area contributed by atoms with Crippen molar-refractivity contribution in [3.8, 4) is 11.8 Å². The molecule has 0 N–H and O–H groups in total. The lowest BCUT2D eigenvalue weighted by atomic mass is 10.1. The number of alkyl halides is 3. The SMILES string of the molecule is FC(F)(F)c1nc(C2CC2)c2c(Oc3ncc(Cl)cn3)cccc2n1. The fourth-order valence-electron chi connectivity index (χ4n) is 2.49. The molecule has 1 aliphatic carbocycles. The van der Waals surface area contributed by atoms with Gasteiger partial charge in [0.05, 0.1) is 34.0 Å². The van der Waals surface area contributed by atoms with E-state index in [4.69, 9.17) is 16.3 Å². The number of hydrogen-bond donors (Lipinski definition) is 0. The zero-order chi connectivity index (χ0) is 17.6. The molecule has 1 aliphatic rings. The number of nitrogens with zero attached hydrogens (tertiary/aromatic N) is 4. The Balaban J connectivity index is 1.86. The van der Waals surface area contributed by atoms with Crippen LogP contribution in [0, 0.1) is 0 Å². The van der Waals surface area contributed by atoms with Crippen LogP contribution in [0.5, 0.6) is 11.8 Å². The monoisotopic (exact) mass is 366 g/mol. The van der Waals surface area contributed by atoms with Crippen LogP contribution in [0.1, 0.15) is 30.3 Å². The fourth-order valence-corrected chi connectivity index (χ4v) is 2.59. The maximum absolute atomic E-state index is 13.1. The minimum absolute atomic E-state index is 0.0255. The van der Waals surface area contributed by atoms with Crippen molar-refractivity contribution in [3.05, 3.63) is 47.1 Å². The molecule has 25 heavy (non-hydrogen) atoms. The number of benzene rings is 1. The molecular weight excluding hydrogens is 357 g/mol. The van der Waals surface area contributed by atoms with Gasteiger partial charge in [-0.25, -0.2) is 19.9 Å². The Hall–Kier alpha value is -2.48. The number of halogens is 4. The second-order valence-corrected chi connectivity index (χ2v) is 6.08. The fraction of sp³-hybridized carbons (Fsp3) is 0.250. The first-order chi connectivity index (χ1) is 11.9. The summed E-state index contributed by atoms with van der Waals surface area (Å²) in [6.45, 7) is 0. The van der Waals surface area contributed by atoms with Crippen molar-refractivity contribution in [2.75, 3.05) is 0 Å². The van der Waals surface area contributed by atoms with E-state index in [1.54, 1.807) is 12.1 Å². The molecule has 0 aliphatic heterocycles. The van der Waals surface area contributed by atoms with Crippen molar-refractivity contribution >= 4 is 22.5 Å². The van der Waals surface area contributed by atoms with Crippen molar-refractivity contribution in [1.82, 2.24) is 19.9 Å². The van der Waals surface area contributed by atoms with E-state index in [-0.39, 0.29) is 17.4 Å². The molecule has 0 spiro atoms. The highest BCUT2D eigenvalue weighted by molar-refractivity contribution is 6.30. The van der Waals surface area contributed by atoms with Crippen LogP contribution < -0.4 is 4.74 Å². The quantitative estimate of drug-likeness (QED) is 0.668. The van der Waals surface area contributed by atoms with Gasteiger partial charge < -0.3 is 4.74 Å².